The van der Waals surface area contributed by atoms with Crippen LogP contribution in [0.15, 0.2) is 59.1 Å². The van der Waals surface area contributed by atoms with Gasteiger partial charge in [-0.05, 0) is 83.3 Å². The third-order valence-corrected chi connectivity index (χ3v) is 10.3. The average molecular weight is 794 g/mol. The van der Waals surface area contributed by atoms with Crippen molar-refractivity contribution in [3.05, 3.63) is 104 Å². The molecule has 2 fully saturated rings. The Kier molecular flexibility index (Phi) is 15.9. The molecule has 0 spiro atoms. The summed E-state index contributed by atoms with van der Waals surface area (Å²) in [7, 11) is 0. The minimum atomic E-state index is -0.135. The molecule has 4 aromatic rings. The van der Waals surface area contributed by atoms with Crippen LogP contribution < -0.4 is 0 Å². The number of rotatable bonds is 6. The van der Waals surface area contributed by atoms with E-state index in [1.165, 1.54) is 16.7 Å². The van der Waals surface area contributed by atoms with Crippen LogP contribution in [0, 0.1) is 6.92 Å². The lowest BCUT2D eigenvalue weighted by Crippen LogP contribution is -2.40. The van der Waals surface area contributed by atoms with Gasteiger partial charge in [-0.15, -0.1) is 0 Å². The normalized spacial score (nSPS) is 14.7. The van der Waals surface area contributed by atoms with Gasteiger partial charge in [-0.3, -0.25) is 9.59 Å². The zero-order valence-electron chi connectivity index (χ0n) is 34.2. The summed E-state index contributed by atoms with van der Waals surface area (Å²) in [4.78, 5) is 32.8. The molecule has 11 heteroatoms. The smallest absolute Gasteiger partial charge is 0.259 e. The minimum absolute atomic E-state index is 0.00129. The lowest BCUT2D eigenvalue weighted by molar-refractivity contribution is 0.0301. The van der Waals surface area contributed by atoms with Crippen molar-refractivity contribution in [1.82, 2.24) is 19.9 Å². The second-order valence-corrected chi connectivity index (χ2v) is 16.8. The highest BCUT2D eigenvalue weighted by atomic mass is 35.5. The number of carbonyl (C=O) groups is 2. The van der Waals surface area contributed by atoms with Gasteiger partial charge in [-0.2, -0.15) is 4.98 Å². The summed E-state index contributed by atoms with van der Waals surface area (Å²) in [5, 5.41) is 5.21. The van der Waals surface area contributed by atoms with Gasteiger partial charge in [0.15, 0.2) is 5.82 Å². The zero-order valence-corrected chi connectivity index (χ0v) is 35.7. The molecule has 3 aromatic carbocycles. The van der Waals surface area contributed by atoms with Crippen molar-refractivity contribution in [2.75, 3.05) is 52.6 Å². The molecule has 0 aliphatic carbocycles. The third kappa shape index (κ3) is 12.1. The summed E-state index contributed by atoms with van der Waals surface area (Å²) < 4.78 is 15.9. The van der Waals surface area contributed by atoms with Crippen LogP contribution in [-0.2, 0) is 14.9 Å². The van der Waals surface area contributed by atoms with Crippen molar-refractivity contribution in [2.45, 2.75) is 92.4 Å². The molecular weight excluding hydrogens is 735 g/mol. The number of morpholine rings is 2. The maximum atomic E-state index is 12.4. The fourth-order valence-electron chi connectivity index (χ4n) is 6.05. The number of carbonyl (C=O) groups excluding carboxylic acids is 2. The molecule has 2 saturated heterocycles. The first-order valence-electron chi connectivity index (χ1n) is 19.3. The predicted molar refractivity (Wildman–Crippen MR) is 222 cm³/mol. The van der Waals surface area contributed by atoms with E-state index in [1.54, 1.807) is 4.90 Å². The van der Waals surface area contributed by atoms with Crippen molar-refractivity contribution in [3.8, 4) is 11.5 Å². The molecule has 55 heavy (non-hydrogen) atoms. The van der Waals surface area contributed by atoms with Gasteiger partial charge in [-0.1, -0.05) is 109 Å². The molecule has 2 aliphatic heterocycles. The number of benzene rings is 3. The Morgan fingerprint density at radius 2 is 1.24 bits per heavy atom. The van der Waals surface area contributed by atoms with Crippen molar-refractivity contribution >= 4 is 35.0 Å². The van der Waals surface area contributed by atoms with E-state index in [4.69, 9.17) is 37.2 Å². The molecule has 0 bridgehead atoms. The van der Waals surface area contributed by atoms with E-state index < -0.39 is 0 Å². The van der Waals surface area contributed by atoms with Crippen molar-refractivity contribution in [3.63, 3.8) is 0 Å². The fourth-order valence-corrected chi connectivity index (χ4v) is 6.52. The lowest BCUT2D eigenvalue weighted by Gasteiger charge is -2.27. The van der Waals surface area contributed by atoms with E-state index in [0.717, 1.165) is 16.7 Å². The molecular formula is C44H58Cl2N4O5. The van der Waals surface area contributed by atoms with Crippen LogP contribution in [0.5, 0.6) is 0 Å². The summed E-state index contributed by atoms with van der Waals surface area (Å²) in [5.41, 5.74) is 6.92. The number of halogens is 2. The Morgan fingerprint density at radius 3 is 1.75 bits per heavy atom. The number of amides is 2. The summed E-state index contributed by atoms with van der Waals surface area (Å²) in [6, 6.07) is 17.6. The average Bonchev–Trinajstić information content (AvgIpc) is 3.67. The van der Waals surface area contributed by atoms with E-state index in [9.17, 15) is 9.59 Å². The first-order valence-corrected chi connectivity index (χ1v) is 20.0. The molecule has 6 rings (SSSR count). The standard InChI is InChI=1S/C15H19ClN2O.C15H21NO2.C14H18ClNO2/c1-9(2)10-6-7-12(16)11(8-10)13-17-14(18-19-13)15(3,4)5;1-11(2)14-10-13(5-4-12(14)3)15(17)16-6-8-18-9-7-16;1-10(2)11-3-4-12(13(15)9-11)14(17)16-5-7-18-8-6-16/h6-9H,1-5H3;4-5,10-11H,6-9H2,1-3H3;3-4,9-10H,5-8H2,1-2H3. The van der Waals surface area contributed by atoms with Crippen molar-refractivity contribution in [2.24, 2.45) is 0 Å². The predicted octanol–water partition coefficient (Wildman–Crippen LogP) is 10.3. The molecule has 0 unspecified atom stereocenters. The summed E-state index contributed by atoms with van der Waals surface area (Å²) in [6.07, 6.45) is 0. The summed E-state index contributed by atoms with van der Waals surface area (Å²) in [5.74, 6) is 2.59. The first kappa shape index (κ1) is 44.0. The Labute approximate surface area is 337 Å². The van der Waals surface area contributed by atoms with E-state index in [0.29, 0.717) is 97.7 Å². The van der Waals surface area contributed by atoms with Gasteiger partial charge in [0, 0.05) is 37.2 Å². The SMILES string of the molecule is CC(C)c1ccc(C(=O)N2CCOCC2)c(Cl)c1.CC(C)c1ccc(Cl)c(-c2nc(C(C)(C)C)no2)c1.Cc1ccc(C(=O)N2CCOCC2)cc1C(C)C. The van der Waals surface area contributed by atoms with Crippen LogP contribution in [0.1, 0.15) is 129 Å². The van der Waals surface area contributed by atoms with E-state index in [1.807, 2.05) is 80.3 Å². The highest BCUT2D eigenvalue weighted by molar-refractivity contribution is 6.34. The van der Waals surface area contributed by atoms with Crippen LogP contribution in [0.3, 0.4) is 0 Å². The lowest BCUT2D eigenvalue weighted by atomic mass is 9.95. The van der Waals surface area contributed by atoms with Crippen molar-refractivity contribution < 1.29 is 23.6 Å². The molecule has 0 radical (unpaired) electrons. The third-order valence-electron chi connectivity index (χ3n) is 9.62. The Bertz CT molecular complexity index is 1890. The molecule has 0 saturated carbocycles. The Morgan fingerprint density at radius 1 is 0.691 bits per heavy atom. The van der Waals surface area contributed by atoms with E-state index >= 15 is 0 Å². The Balaban J connectivity index is 0.000000184. The van der Waals surface area contributed by atoms with Gasteiger partial charge in [0.2, 0.25) is 0 Å². The van der Waals surface area contributed by atoms with Crippen LogP contribution in [0.2, 0.25) is 10.0 Å². The quantitative estimate of drug-likeness (QED) is 0.192. The Hall–Kier alpha value is -3.76. The molecule has 2 amide bonds. The maximum absolute atomic E-state index is 12.4. The topological polar surface area (TPSA) is 98.0 Å². The largest absolute Gasteiger partial charge is 0.378 e. The van der Waals surface area contributed by atoms with E-state index in [2.05, 4.69) is 58.6 Å². The monoisotopic (exact) mass is 792 g/mol. The minimum Gasteiger partial charge on any atom is -0.378 e. The maximum Gasteiger partial charge on any atom is 0.259 e. The summed E-state index contributed by atoms with van der Waals surface area (Å²) in [6.45, 7) is 26.2. The zero-order chi connectivity index (χ0) is 40.4. The molecule has 2 aliphatic rings. The number of hydrogen-bond acceptors (Lipinski definition) is 7. The molecule has 298 valence electrons. The number of ether oxygens (including phenoxy) is 2. The second kappa shape index (κ2) is 19.9. The molecule has 1 aromatic heterocycles. The molecule has 0 atom stereocenters. The molecule has 3 heterocycles. The van der Waals surface area contributed by atoms with Gasteiger partial charge in [-0.25, -0.2) is 0 Å². The highest BCUT2D eigenvalue weighted by Gasteiger charge is 2.24. The first-order chi connectivity index (χ1) is 26.0. The number of hydrogen-bond donors (Lipinski definition) is 0. The molecule has 9 nitrogen and oxygen atoms in total. The van der Waals surface area contributed by atoms with Crippen molar-refractivity contribution in [1.29, 1.82) is 0 Å². The van der Waals surface area contributed by atoms with Crippen LogP contribution >= 0.6 is 23.2 Å². The van der Waals surface area contributed by atoms with Crippen LogP contribution in [-0.4, -0.2) is 84.4 Å². The summed E-state index contributed by atoms with van der Waals surface area (Å²) >= 11 is 12.4. The van der Waals surface area contributed by atoms with Gasteiger partial charge >= 0.3 is 0 Å². The van der Waals surface area contributed by atoms with Crippen LogP contribution in [0.25, 0.3) is 11.5 Å². The number of aromatic nitrogens is 2. The second-order valence-electron chi connectivity index (χ2n) is 16.0. The molecule has 0 N–H and O–H groups in total. The van der Waals surface area contributed by atoms with Gasteiger partial charge in [0.05, 0.1) is 47.6 Å². The fraction of sp³-hybridized carbons (Fsp3) is 0.500. The number of aryl methyl sites for hydroxylation is 1. The number of nitrogens with zero attached hydrogens (tertiary/aromatic N) is 4. The van der Waals surface area contributed by atoms with Gasteiger partial charge in [0.25, 0.3) is 17.7 Å². The van der Waals surface area contributed by atoms with Gasteiger partial charge in [0.1, 0.15) is 0 Å². The van der Waals surface area contributed by atoms with Crippen LogP contribution in [0.4, 0.5) is 0 Å². The highest BCUT2D eigenvalue weighted by Crippen LogP contribution is 2.32. The van der Waals surface area contributed by atoms with E-state index in [-0.39, 0.29) is 17.2 Å². The van der Waals surface area contributed by atoms with Gasteiger partial charge < -0.3 is 23.8 Å².